The van der Waals surface area contributed by atoms with E-state index >= 15 is 0 Å². The molecule has 1 aromatic rings. The number of anilines is 1. The third kappa shape index (κ3) is 4.06. The number of nitrogens with one attached hydrogen (secondary N) is 1. The number of carbonyl (C=O) groups is 1. The Kier molecular flexibility index (Phi) is 4.66. The van der Waals surface area contributed by atoms with E-state index in [1.165, 1.54) is 0 Å². The first-order valence-electron chi connectivity index (χ1n) is 6.63. The van der Waals surface area contributed by atoms with E-state index in [4.69, 9.17) is 5.11 Å². The fraction of sp³-hybridized carbons (Fsp3) is 0.400. The van der Waals surface area contributed by atoms with Crippen LogP contribution in [0.25, 0.3) is 0 Å². The zero-order valence-electron chi connectivity index (χ0n) is 11.7. The molecule has 0 bridgehead atoms. The van der Waals surface area contributed by atoms with Crippen molar-refractivity contribution < 1.29 is 18.3 Å². The van der Waals surface area contributed by atoms with E-state index in [1.807, 2.05) is 13.0 Å². The Labute approximate surface area is 124 Å². The topological polar surface area (TPSA) is 83.5 Å². The van der Waals surface area contributed by atoms with Crippen molar-refractivity contribution in [3.8, 4) is 11.8 Å². The first kappa shape index (κ1) is 15.5. The van der Waals surface area contributed by atoms with Crippen molar-refractivity contribution in [2.75, 3.05) is 23.4 Å². The normalized spacial score (nSPS) is 19.6. The smallest absolute Gasteiger partial charge is 0.228 e. The maximum atomic E-state index is 12.1. The van der Waals surface area contributed by atoms with E-state index in [1.54, 1.807) is 12.1 Å². The zero-order chi connectivity index (χ0) is 15.5. The second-order valence-corrected chi connectivity index (χ2v) is 7.31. The van der Waals surface area contributed by atoms with Gasteiger partial charge in [0.25, 0.3) is 0 Å². The predicted octanol–water partition coefficient (Wildman–Crippen LogP) is 0.712. The lowest BCUT2D eigenvalue weighted by Crippen LogP contribution is -2.24. The average molecular weight is 307 g/mol. The third-order valence-corrected chi connectivity index (χ3v) is 5.18. The van der Waals surface area contributed by atoms with Gasteiger partial charge < -0.3 is 10.4 Å². The second-order valence-electron chi connectivity index (χ2n) is 5.08. The van der Waals surface area contributed by atoms with Gasteiger partial charge in [-0.05, 0) is 31.0 Å². The second kappa shape index (κ2) is 6.29. The summed E-state index contributed by atoms with van der Waals surface area (Å²) in [6.45, 7) is 1.62. The summed E-state index contributed by atoms with van der Waals surface area (Å²) in [4.78, 5) is 12.1. The number of benzene rings is 1. The van der Waals surface area contributed by atoms with E-state index in [9.17, 15) is 13.2 Å². The first-order chi connectivity index (χ1) is 9.91. The van der Waals surface area contributed by atoms with Crippen LogP contribution in [0.2, 0.25) is 0 Å². The highest BCUT2D eigenvalue weighted by Gasteiger charge is 2.33. The maximum Gasteiger partial charge on any atom is 0.228 e. The van der Waals surface area contributed by atoms with Crippen molar-refractivity contribution in [3.05, 3.63) is 29.3 Å². The van der Waals surface area contributed by atoms with Crippen LogP contribution in [0.4, 0.5) is 5.69 Å². The van der Waals surface area contributed by atoms with Crippen LogP contribution < -0.4 is 5.32 Å². The molecule has 6 heteroatoms. The third-order valence-electron chi connectivity index (χ3n) is 3.41. The Bertz CT molecular complexity index is 713. The molecule has 0 aromatic heterocycles. The van der Waals surface area contributed by atoms with Crippen molar-refractivity contribution in [1.82, 2.24) is 0 Å². The standard InChI is InChI=1S/C15H17NO4S/c1-11-4-5-12(3-2-7-17)9-14(11)16-15(18)13-6-8-21(19,20)10-13/h4-5,9,13,17H,6-8,10H2,1H3,(H,16,18). The first-order valence-corrected chi connectivity index (χ1v) is 8.45. The maximum absolute atomic E-state index is 12.1. The summed E-state index contributed by atoms with van der Waals surface area (Å²) >= 11 is 0. The van der Waals surface area contributed by atoms with Crippen LogP contribution in [0.5, 0.6) is 0 Å². The van der Waals surface area contributed by atoms with Crippen LogP contribution in [0.1, 0.15) is 17.5 Å². The molecule has 1 aromatic carbocycles. The van der Waals surface area contributed by atoms with Gasteiger partial charge in [0.05, 0.1) is 17.4 Å². The molecule has 21 heavy (non-hydrogen) atoms. The lowest BCUT2D eigenvalue weighted by molar-refractivity contribution is -0.119. The molecule has 0 aliphatic carbocycles. The summed E-state index contributed by atoms with van der Waals surface area (Å²) in [5.41, 5.74) is 2.18. The van der Waals surface area contributed by atoms with Crippen molar-refractivity contribution in [2.45, 2.75) is 13.3 Å². The van der Waals surface area contributed by atoms with Crippen molar-refractivity contribution in [3.63, 3.8) is 0 Å². The lowest BCUT2D eigenvalue weighted by Gasteiger charge is -2.12. The summed E-state index contributed by atoms with van der Waals surface area (Å²) in [5, 5.41) is 11.5. The molecule has 1 amide bonds. The van der Waals surface area contributed by atoms with Crippen molar-refractivity contribution in [2.24, 2.45) is 5.92 Å². The summed E-state index contributed by atoms with van der Waals surface area (Å²) in [7, 11) is -3.07. The molecule has 5 nitrogen and oxygen atoms in total. The molecule has 1 fully saturated rings. The molecule has 2 N–H and O–H groups in total. The molecule has 1 heterocycles. The van der Waals surface area contributed by atoms with Gasteiger partial charge in [-0.15, -0.1) is 0 Å². The van der Waals surface area contributed by atoms with Gasteiger partial charge in [0.15, 0.2) is 9.84 Å². The molecule has 1 saturated heterocycles. The number of hydrogen-bond acceptors (Lipinski definition) is 4. The van der Waals surface area contributed by atoms with Crippen LogP contribution in [0.3, 0.4) is 0 Å². The SMILES string of the molecule is Cc1ccc(C#CCO)cc1NC(=O)C1CCS(=O)(=O)C1. The number of rotatable bonds is 2. The average Bonchev–Trinajstić information content (AvgIpc) is 2.80. The van der Waals surface area contributed by atoms with Gasteiger partial charge in [-0.1, -0.05) is 17.9 Å². The van der Waals surface area contributed by atoms with Gasteiger partial charge >= 0.3 is 0 Å². The molecular formula is C15H17NO4S. The minimum Gasteiger partial charge on any atom is -0.384 e. The largest absolute Gasteiger partial charge is 0.384 e. The van der Waals surface area contributed by atoms with Crippen LogP contribution in [-0.4, -0.2) is 37.5 Å². The molecule has 1 atom stereocenters. The Morgan fingerprint density at radius 3 is 2.86 bits per heavy atom. The molecule has 1 unspecified atom stereocenters. The number of aryl methyl sites for hydroxylation is 1. The predicted molar refractivity (Wildman–Crippen MR) is 80.5 cm³/mol. The number of aliphatic hydroxyl groups is 1. The monoisotopic (exact) mass is 307 g/mol. The van der Waals surface area contributed by atoms with Crippen LogP contribution in [-0.2, 0) is 14.6 Å². The summed E-state index contributed by atoms with van der Waals surface area (Å²) < 4.78 is 22.8. The quantitative estimate of drug-likeness (QED) is 0.788. The zero-order valence-corrected chi connectivity index (χ0v) is 12.5. The van der Waals surface area contributed by atoms with Gasteiger partial charge in [0.1, 0.15) is 6.61 Å². The van der Waals surface area contributed by atoms with Crippen molar-refractivity contribution >= 4 is 21.4 Å². The number of amides is 1. The van der Waals surface area contributed by atoms with Gasteiger partial charge in [0.2, 0.25) is 5.91 Å². The van der Waals surface area contributed by atoms with Gasteiger partial charge in [-0.2, -0.15) is 0 Å². The Balaban J connectivity index is 2.14. The molecule has 2 rings (SSSR count). The van der Waals surface area contributed by atoms with E-state index in [0.717, 1.165) is 5.56 Å². The van der Waals surface area contributed by atoms with Gasteiger partial charge in [-0.3, -0.25) is 4.79 Å². The number of carbonyl (C=O) groups excluding carboxylic acids is 1. The number of sulfone groups is 1. The van der Waals surface area contributed by atoms with E-state index in [-0.39, 0.29) is 24.0 Å². The highest BCUT2D eigenvalue weighted by atomic mass is 32.2. The molecule has 112 valence electrons. The minimum absolute atomic E-state index is 0.0755. The van der Waals surface area contributed by atoms with E-state index in [2.05, 4.69) is 17.2 Å². The van der Waals surface area contributed by atoms with Crippen LogP contribution >= 0.6 is 0 Å². The highest BCUT2D eigenvalue weighted by Crippen LogP contribution is 2.22. The molecule has 1 aliphatic heterocycles. The Morgan fingerprint density at radius 2 is 2.24 bits per heavy atom. The van der Waals surface area contributed by atoms with Crippen molar-refractivity contribution in [1.29, 1.82) is 0 Å². The van der Waals surface area contributed by atoms with Gasteiger partial charge in [0, 0.05) is 11.3 Å². The number of hydrogen-bond donors (Lipinski definition) is 2. The van der Waals surface area contributed by atoms with E-state index < -0.39 is 15.8 Å². The number of aliphatic hydroxyl groups excluding tert-OH is 1. The summed E-state index contributed by atoms with van der Waals surface area (Å²) in [6, 6.07) is 5.34. The van der Waals surface area contributed by atoms with E-state index in [0.29, 0.717) is 17.7 Å². The molecule has 1 aliphatic rings. The fourth-order valence-electron chi connectivity index (χ4n) is 2.21. The Morgan fingerprint density at radius 1 is 1.48 bits per heavy atom. The molecular weight excluding hydrogens is 290 g/mol. The highest BCUT2D eigenvalue weighted by molar-refractivity contribution is 7.91. The van der Waals surface area contributed by atoms with Crippen LogP contribution in [0.15, 0.2) is 18.2 Å². The van der Waals surface area contributed by atoms with Crippen LogP contribution in [0, 0.1) is 24.7 Å². The molecule has 0 spiro atoms. The van der Waals surface area contributed by atoms with Gasteiger partial charge in [-0.25, -0.2) is 8.42 Å². The molecule has 0 saturated carbocycles. The summed E-state index contributed by atoms with van der Waals surface area (Å²) in [5.74, 6) is 4.55. The lowest BCUT2D eigenvalue weighted by atomic mass is 10.1. The minimum atomic E-state index is -3.07. The summed E-state index contributed by atoms with van der Waals surface area (Å²) in [6.07, 6.45) is 0.372. The molecule has 0 radical (unpaired) electrons. The Hall–Kier alpha value is -1.84. The fourth-order valence-corrected chi connectivity index (χ4v) is 3.95.